The minimum absolute atomic E-state index is 0.390. The molecule has 0 saturated heterocycles. The number of hydrogen-bond acceptors (Lipinski definition) is 2. The smallest absolute Gasteiger partial charge is 0.0518 e. The lowest BCUT2D eigenvalue weighted by atomic mass is 9.81. The van der Waals surface area contributed by atoms with Crippen LogP contribution in [0.15, 0.2) is 12.3 Å². The van der Waals surface area contributed by atoms with Crippen LogP contribution < -0.4 is 5.32 Å². The van der Waals surface area contributed by atoms with E-state index in [2.05, 4.69) is 29.4 Å². The fourth-order valence-corrected chi connectivity index (χ4v) is 2.81. The summed E-state index contributed by atoms with van der Waals surface area (Å²) in [6.45, 7) is 5.67. The molecule has 1 saturated carbocycles. The fraction of sp³-hybridized carbons (Fsp3) is 0.786. The van der Waals surface area contributed by atoms with E-state index in [0.29, 0.717) is 6.04 Å². The van der Waals surface area contributed by atoms with Crippen LogP contribution in [0.3, 0.4) is 0 Å². The summed E-state index contributed by atoms with van der Waals surface area (Å²) in [5, 5.41) is 10.6. The summed E-state index contributed by atoms with van der Waals surface area (Å²) in [7, 11) is 0. The first-order valence-corrected chi connectivity index (χ1v) is 7.02. The van der Waals surface area contributed by atoms with Crippen LogP contribution in [0.25, 0.3) is 0 Å². The monoisotopic (exact) mass is 235 g/mol. The summed E-state index contributed by atoms with van der Waals surface area (Å²) in [4.78, 5) is 0. The van der Waals surface area contributed by atoms with Crippen molar-refractivity contribution in [1.29, 1.82) is 0 Å². The second-order valence-electron chi connectivity index (χ2n) is 5.44. The number of nitrogens with zero attached hydrogens (tertiary/aromatic N) is 1. The lowest BCUT2D eigenvalue weighted by Gasteiger charge is -2.28. The molecule has 96 valence electrons. The number of rotatable bonds is 5. The number of nitrogens with one attached hydrogen (secondary N) is 2. The van der Waals surface area contributed by atoms with E-state index in [1.807, 2.05) is 12.3 Å². The van der Waals surface area contributed by atoms with E-state index in [-0.39, 0.29) is 0 Å². The Hall–Kier alpha value is -0.830. The van der Waals surface area contributed by atoms with Gasteiger partial charge in [0, 0.05) is 12.2 Å². The molecule has 0 aromatic carbocycles. The molecule has 0 spiro atoms. The van der Waals surface area contributed by atoms with E-state index in [9.17, 15) is 0 Å². The summed E-state index contributed by atoms with van der Waals surface area (Å²) in [6.07, 6.45) is 8.86. The van der Waals surface area contributed by atoms with Crippen molar-refractivity contribution in [2.24, 2.45) is 11.8 Å². The third-order valence-corrected chi connectivity index (χ3v) is 4.25. The Morgan fingerprint density at radius 2 is 2.06 bits per heavy atom. The van der Waals surface area contributed by atoms with Crippen LogP contribution >= 0.6 is 0 Å². The molecule has 3 nitrogen and oxygen atoms in total. The zero-order chi connectivity index (χ0) is 12.1. The minimum atomic E-state index is 0.390. The van der Waals surface area contributed by atoms with Gasteiger partial charge in [-0.15, -0.1) is 0 Å². The summed E-state index contributed by atoms with van der Waals surface area (Å²) >= 11 is 0. The highest BCUT2D eigenvalue weighted by Crippen LogP contribution is 2.30. The van der Waals surface area contributed by atoms with Crippen molar-refractivity contribution in [3.63, 3.8) is 0 Å². The minimum Gasteiger partial charge on any atom is -0.309 e. The predicted octanol–water partition coefficient (Wildman–Crippen LogP) is 3.28. The Labute approximate surface area is 104 Å². The molecular formula is C14H25N3. The normalized spacial score (nSPS) is 26.9. The number of H-pyrrole nitrogens is 1. The molecule has 0 bridgehead atoms. The highest BCUT2D eigenvalue weighted by Gasteiger charge is 2.20. The Bertz CT molecular complexity index is 299. The summed E-state index contributed by atoms with van der Waals surface area (Å²) in [6, 6.07) is 2.44. The molecule has 1 heterocycles. The molecule has 2 N–H and O–H groups in total. The van der Waals surface area contributed by atoms with E-state index in [4.69, 9.17) is 0 Å². The van der Waals surface area contributed by atoms with Gasteiger partial charge in [-0.05, 0) is 44.2 Å². The zero-order valence-corrected chi connectivity index (χ0v) is 11.1. The van der Waals surface area contributed by atoms with Gasteiger partial charge >= 0.3 is 0 Å². The molecule has 1 aliphatic carbocycles. The van der Waals surface area contributed by atoms with E-state index in [0.717, 1.165) is 18.4 Å². The van der Waals surface area contributed by atoms with Crippen molar-refractivity contribution < 1.29 is 0 Å². The SMILES string of the molecule is CCC1CCC(CNC(C)c2ccn[nH]2)CC1. The maximum absolute atomic E-state index is 3.99. The number of aromatic amines is 1. The van der Waals surface area contributed by atoms with Gasteiger partial charge in [-0.3, -0.25) is 5.10 Å². The second-order valence-corrected chi connectivity index (χ2v) is 5.44. The van der Waals surface area contributed by atoms with E-state index < -0.39 is 0 Å². The Kier molecular flexibility index (Phi) is 4.60. The topological polar surface area (TPSA) is 40.7 Å². The maximum atomic E-state index is 3.99. The average Bonchev–Trinajstić information content (AvgIpc) is 2.90. The van der Waals surface area contributed by atoms with Crippen LogP contribution in [0.4, 0.5) is 0 Å². The Morgan fingerprint density at radius 1 is 1.35 bits per heavy atom. The van der Waals surface area contributed by atoms with Crippen LogP contribution in [0.5, 0.6) is 0 Å². The molecule has 1 aliphatic rings. The maximum Gasteiger partial charge on any atom is 0.0518 e. The molecule has 3 heteroatoms. The van der Waals surface area contributed by atoms with Gasteiger partial charge in [0.05, 0.1) is 5.69 Å². The third-order valence-electron chi connectivity index (χ3n) is 4.25. The Balaban J connectivity index is 1.69. The molecule has 0 radical (unpaired) electrons. The molecule has 0 aliphatic heterocycles. The molecular weight excluding hydrogens is 210 g/mol. The van der Waals surface area contributed by atoms with Crippen molar-refractivity contribution >= 4 is 0 Å². The van der Waals surface area contributed by atoms with E-state index in [1.54, 1.807) is 0 Å². The predicted molar refractivity (Wildman–Crippen MR) is 70.7 cm³/mol. The second kappa shape index (κ2) is 6.20. The van der Waals surface area contributed by atoms with Crippen LogP contribution in [0.1, 0.15) is 57.7 Å². The Morgan fingerprint density at radius 3 is 2.65 bits per heavy atom. The summed E-state index contributed by atoms with van der Waals surface area (Å²) in [5.41, 5.74) is 1.19. The number of hydrogen-bond donors (Lipinski definition) is 2. The van der Waals surface area contributed by atoms with Crippen LogP contribution in [-0.2, 0) is 0 Å². The van der Waals surface area contributed by atoms with Gasteiger partial charge in [-0.1, -0.05) is 26.2 Å². The highest BCUT2D eigenvalue weighted by molar-refractivity contribution is 5.02. The quantitative estimate of drug-likeness (QED) is 0.822. The molecule has 17 heavy (non-hydrogen) atoms. The molecule has 1 aromatic rings. The third kappa shape index (κ3) is 3.56. The molecule has 1 unspecified atom stereocenters. The molecule has 2 rings (SSSR count). The first-order valence-electron chi connectivity index (χ1n) is 7.02. The van der Waals surface area contributed by atoms with Crippen LogP contribution in [-0.4, -0.2) is 16.7 Å². The van der Waals surface area contributed by atoms with Gasteiger partial charge in [-0.25, -0.2) is 0 Å². The van der Waals surface area contributed by atoms with Gasteiger partial charge in [0.2, 0.25) is 0 Å². The molecule has 1 fully saturated rings. The van der Waals surface area contributed by atoms with Gasteiger partial charge < -0.3 is 5.32 Å². The van der Waals surface area contributed by atoms with Crippen molar-refractivity contribution in [1.82, 2.24) is 15.5 Å². The fourth-order valence-electron chi connectivity index (χ4n) is 2.81. The van der Waals surface area contributed by atoms with Gasteiger partial charge in [-0.2, -0.15) is 5.10 Å². The lowest BCUT2D eigenvalue weighted by molar-refractivity contribution is 0.257. The van der Waals surface area contributed by atoms with E-state index in [1.165, 1.54) is 37.8 Å². The van der Waals surface area contributed by atoms with Gasteiger partial charge in [0.25, 0.3) is 0 Å². The van der Waals surface area contributed by atoms with Crippen molar-refractivity contribution in [2.45, 2.75) is 52.0 Å². The average molecular weight is 235 g/mol. The van der Waals surface area contributed by atoms with Gasteiger partial charge in [0.1, 0.15) is 0 Å². The summed E-state index contributed by atoms with van der Waals surface area (Å²) in [5.74, 6) is 1.87. The first-order chi connectivity index (χ1) is 8.29. The van der Waals surface area contributed by atoms with E-state index >= 15 is 0 Å². The lowest BCUT2D eigenvalue weighted by Crippen LogP contribution is -2.28. The molecule has 1 atom stereocenters. The first kappa shape index (κ1) is 12.6. The van der Waals surface area contributed by atoms with Gasteiger partial charge in [0.15, 0.2) is 0 Å². The van der Waals surface area contributed by atoms with Crippen LogP contribution in [0.2, 0.25) is 0 Å². The van der Waals surface area contributed by atoms with Crippen molar-refractivity contribution in [3.8, 4) is 0 Å². The zero-order valence-electron chi connectivity index (χ0n) is 11.1. The molecule has 1 aromatic heterocycles. The van der Waals surface area contributed by atoms with Crippen LogP contribution in [0, 0.1) is 11.8 Å². The van der Waals surface area contributed by atoms with Crippen molar-refractivity contribution in [3.05, 3.63) is 18.0 Å². The largest absolute Gasteiger partial charge is 0.309 e. The molecule has 0 amide bonds. The summed E-state index contributed by atoms with van der Waals surface area (Å²) < 4.78 is 0. The highest BCUT2D eigenvalue weighted by atomic mass is 15.1. The van der Waals surface area contributed by atoms with Crippen molar-refractivity contribution in [2.75, 3.05) is 6.54 Å². The number of aromatic nitrogens is 2. The standard InChI is InChI=1S/C14H25N3/c1-3-12-4-6-13(7-5-12)10-15-11(2)14-8-9-16-17-14/h8-9,11-13,15H,3-7,10H2,1-2H3,(H,16,17).